The summed E-state index contributed by atoms with van der Waals surface area (Å²) < 4.78 is 27.4. The molecule has 1 fully saturated rings. The summed E-state index contributed by atoms with van der Waals surface area (Å²) in [4.78, 5) is 0. The van der Waals surface area contributed by atoms with E-state index in [4.69, 9.17) is 0 Å². The van der Waals surface area contributed by atoms with Gasteiger partial charge in [-0.1, -0.05) is 69.0 Å². The van der Waals surface area contributed by atoms with Crippen molar-refractivity contribution >= 4 is 11.6 Å². The summed E-state index contributed by atoms with van der Waals surface area (Å²) in [6, 6.07) is 12.0. The summed E-state index contributed by atoms with van der Waals surface area (Å²) >= 11 is 0. The molecule has 0 saturated heterocycles. The van der Waals surface area contributed by atoms with Gasteiger partial charge in [0.15, 0.2) is 11.6 Å². The average Bonchev–Trinajstić information content (AvgIpc) is 2.77. The Labute approximate surface area is 174 Å². The van der Waals surface area contributed by atoms with E-state index in [0.717, 1.165) is 17.9 Å². The molecule has 0 heterocycles. The molecule has 154 valence electrons. The molecule has 4 rings (SSSR count). The van der Waals surface area contributed by atoms with Crippen LogP contribution >= 0.6 is 0 Å². The Bertz CT molecular complexity index is 855. The lowest BCUT2D eigenvalue weighted by Crippen LogP contribution is -2.13. The Morgan fingerprint density at radius 1 is 0.862 bits per heavy atom. The number of rotatable bonds is 6. The molecule has 0 nitrogen and oxygen atoms in total. The lowest BCUT2D eigenvalue weighted by molar-refractivity contribution is 0.303. The standard InChI is InChI=1S/C27H32F2/c1-2-3-4-5-19-6-8-20(9-7-19)21-10-12-22(13-11-21)23-14-16-25-24(18-23)15-17-26(28)27(25)29/h10-13,15,17-20H,2-9,14,16H2,1H3. The van der Waals surface area contributed by atoms with E-state index in [1.54, 1.807) is 6.07 Å². The van der Waals surface area contributed by atoms with Crippen LogP contribution in [0.4, 0.5) is 8.78 Å². The van der Waals surface area contributed by atoms with Crippen LogP contribution in [0.3, 0.4) is 0 Å². The predicted octanol–water partition coefficient (Wildman–Crippen LogP) is 8.31. The van der Waals surface area contributed by atoms with Crippen LogP contribution in [0.1, 0.15) is 92.9 Å². The molecule has 2 heteroatoms. The lowest BCUT2D eigenvalue weighted by atomic mass is 9.77. The highest BCUT2D eigenvalue weighted by Crippen LogP contribution is 2.39. The molecule has 2 aromatic carbocycles. The van der Waals surface area contributed by atoms with E-state index in [1.165, 1.54) is 74.1 Å². The van der Waals surface area contributed by atoms with Gasteiger partial charge in [-0.15, -0.1) is 0 Å². The Balaban J connectivity index is 1.40. The van der Waals surface area contributed by atoms with Gasteiger partial charge in [-0.3, -0.25) is 0 Å². The van der Waals surface area contributed by atoms with Gasteiger partial charge in [0.1, 0.15) is 0 Å². The maximum atomic E-state index is 14.0. The van der Waals surface area contributed by atoms with E-state index in [-0.39, 0.29) is 0 Å². The molecule has 2 aliphatic carbocycles. The number of hydrogen-bond acceptors (Lipinski definition) is 0. The SMILES string of the molecule is CCCCCC1CCC(c2ccc(C3=Cc4ccc(F)c(F)c4CC3)cc2)CC1. The van der Waals surface area contributed by atoms with Crippen molar-refractivity contribution in [1.29, 1.82) is 0 Å². The van der Waals surface area contributed by atoms with Gasteiger partial charge in [0, 0.05) is 0 Å². The molecule has 0 amide bonds. The van der Waals surface area contributed by atoms with Crippen molar-refractivity contribution in [1.82, 2.24) is 0 Å². The topological polar surface area (TPSA) is 0 Å². The summed E-state index contributed by atoms with van der Waals surface area (Å²) in [5, 5.41) is 0. The third-order valence-electron chi connectivity index (χ3n) is 7.02. The van der Waals surface area contributed by atoms with Crippen molar-refractivity contribution in [2.75, 3.05) is 0 Å². The second-order valence-corrected chi connectivity index (χ2v) is 8.93. The van der Waals surface area contributed by atoms with Gasteiger partial charge in [-0.25, -0.2) is 8.78 Å². The zero-order valence-corrected chi connectivity index (χ0v) is 17.5. The summed E-state index contributed by atoms with van der Waals surface area (Å²) in [5.74, 6) is 0.211. The number of unbranched alkanes of at least 4 members (excludes halogenated alkanes) is 2. The molecule has 0 unspecified atom stereocenters. The van der Waals surface area contributed by atoms with Gasteiger partial charge in [-0.2, -0.15) is 0 Å². The van der Waals surface area contributed by atoms with Crippen LogP contribution in [0.5, 0.6) is 0 Å². The first-order chi connectivity index (χ1) is 14.2. The summed E-state index contributed by atoms with van der Waals surface area (Å²) in [5.41, 5.74) is 5.22. The first kappa shape index (κ1) is 20.3. The minimum absolute atomic E-state index is 0.515. The van der Waals surface area contributed by atoms with Crippen LogP contribution in [0.25, 0.3) is 11.6 Å². The van der Waals surface area contributed by atoms with E-state index < -0.39 is 11.6 Å². The monoisotopic (exact) mass is 394 g/mol. The van der Waals surface area contributed by atoms with E-state index in [2.05, 4.69) is 31.2 Å². The van der Waals surface area contributed by atoms with Crippen LogP contribution in [-0.2, 0) is 6.42 Å². The minimum atomic E-state index is -0.745. The van der Waals surface area contributed by atoms with E-state index in [9.17, 15) is 8.78 Å². The second kappa shape index (κ2) is 9.24. The number of allylic oxidation sites excluding steroid dienone is 1. The lowest BCUT2D eigenvalue weighted by Gasteiger charge is -2.29. The van der Waals surface area contributed by atoms with Gasteiger partial charge < -0.3 is 0 Å². The normalized spacial score (nSPS) is 21.6. The highest BCUT2D eigenvalue weighted by Gasteiger charge is 2.22. The fourth-order valence-corrected chi connectivity index (χ4v) is 5.18. The molecule has 0 spiro atoms. The zero-order chi connectivity index (χ0) is 20.2. The van der Waals surface area contributed by atoms with Crippen LogP contribution in [0, 0.1) is 17.6 Å². The van der Waals surface area contributed by atoms with Crippen molar-refractivity contribution < 1.29 is 8.78 Å². The predicted molar refractivity (Wildman–Crippen MR) is 118 cm³/mol. The molecular formula is C27H32F2. The van der Waals surface area contributed by atoms with Gasteiger partial charge in [-0.05, 0) is 84.3 Å². The Morgan fingerprint density at radius 3 is 2.34 bits per heavy atom. The Morgan fingerprint density at radius 2 is 1.62 bits per heavy atom. The van der Waals surface area contributed by atoms with Crippen LogP contribution in [0.15, 0.2) is 36.4 Å². The van der Waals surface area contributed by atoms with Crippen LogP contribution < -0.4 is 0 Å². The Hall–Kier alpha value is -1.96. The quantitative estimate of drug-likeness (QED) is 0.432. The van der Waals surface area contributed by atoms with Crippen LogP contribution in [-0.4, -0.2) is 0 Å². The van der Waals surface area contributed by atoms with Gasteiger partial charge in [0.05, 0.1) is 0 Å². The van der Waals surface area contributed by atoms with Crippen molar-refractivity contribution in [3.63, 3.8) is 0 Å². The zero-order valence-electron chi connectivity index (χ0n) is 17.5. The maximum Gasteiger partial charge on any atom is 0.162 e. The van der Waals surface area contributed by atoms with Crippen molar-refractivity contribution in [2.24, 2.45) is 5.92 Å². The van der Waals surface area contributed by atoms with E-state index >= 15 is 0 Å². The fourth-order valence-electron chi connectivity index (χ4n) is 5.18. The molecule has 0 aliphatic heterocycles. The minimum Gasteiger partial charge on any atom is -0.204 e. The first-order valence-corrected chi connectivity index (χ1v) is 11.4. The van der Waals surface area contributed by atoms with Gasteiger partial charge >= 0.3 is 0 Å². The Kier molecular flexibility index (Phi) is 6.47. The maximum absolute atomic E-state index is 14.0. The van der Waals surface area contributed by atoms with Crippen molar-refractivity contribution in [3.05, 3.63) is 70.3 Å². The third kappa shape index (κ3) is 4.63. The highest BCUT2D eigenvalue weighted by molar-refractivity contribution is 5.84. The molecule has 1 saturated carbocycles. The highest BCUT2D eigenvalue weighted by atomic mass is 19.2. The van der Waals surface area contributed by atoms with Gasteiger partial charge in [0.25, 0.3) is 0 Å². The molecule has 0 atom stereocenters. The smallest absolute Gasteiger partial charge is 0.162 e. The summed E-state index contributed by atoms with van der Waals surface area (Å²) in [7, 11) is 0. The fraction of sp³-hybridized carbons (Fsp3) is 0.481. The summed E-state index contributed by atoms with van der Waals surface area (Å²) in [6.07, 6.45) is 14.2. The molecule has 0 aromatic heterocycles. The molecule has 29 heavy (non-hydrogen) atoms. The first-order valence-electron chi connectivity index (χ1n) is 11.4. The van der Waals surface area contributed by atoms with E-state index in [1.807, 2.05) is 6.08 Å². The molecule has 0 bridgehead atoms. The molecule has 0 radical (unpaired) electrons. The van der Waals surface area contributed by atoms with Crippen molar-refractivity contribution in [3.8, 4) is 0 Å². The third-order valence-corrected chi connectivity index (χ3v) is 7.02. The largest absolute Gasteiger partial charge is 0.204 e. The van der Waals surface area contributed by atoms with E-state index in [0.29, 0.717) is 17.9 Å². The summed E-state index contributed by atoms with van der Waals surface area (Å²) in [6.45, 7) is 2.28. The molecular weight excluding hydrogens is 362 g/mol. The van der Waals surface area contributed by atoms with Crippen molar-refractivity contribution in [2.45, 2.75) is 77.0 Å². The van der Waals surface area contributed by atoms with Gasteiger partial charge in [0.2, 0.25) is 0 Å². The number of benzene rings is 2. The molecule has 2 aliphatic rings. The average molecular weight is 395 g/mol. The number of fused-ring (bicyclic) bond motifs is 1. The second-order valence-electron chi connectivity index (χ2n) is 8.93. The number of halogens is 2. The van der Waals surface area contributed by atoms with Crippen LogP contribution in [0.2, 0.25) is 0 Å². The number of hydrogen-bond donors (Lipinski definition) is 0. The molecule has 2 aromatic rings. The molecule has 0 N–H and O–H groups in total.